The van der Waals surface area contributed by atoms with Gasteiger partial charge in [0.2, 0.25) is 0 Å². The number of ether oxygens (including phenoxy) is 1. The van der Waals surface area contributed by atoms with Gasteiger partial charge in [0.1, 0.15) is 5.15 Å². The molecule has 2 aromatic rings. The summed E-state index contributed by atoms with van der Waals surface area (Å²) in [7, 11) is 1.67. The van der Waals surface area contributed by atoms with Crippen LogP contribution in [0, 0.1) is 5.92 Å². The fraction of sp³-hybridized carbons (Fsp3) is 0.421. The Bertz CT molecular complexity index is 645. The van der Waals surface area contributed by atoms with E-state index in [1.807, 2.05) is 18.2 Å². The van der Waals surface area contributed by atoms with Crippen molar-refractivity contribution in [2.45, 2.75) is 32.8 Å². The minimum atomic E-state index is -0.596. The minimum Gasteiger partial charge on any atom is -0.388 e. The number of nitrogens with zero attached hydrogens (tertiary/aromatic N) is 1. The molecule has 2 unspecified atom stereocenters. The van der Waals surface area contributed by atoms with E-state index in [0.717, 1.165) is 23.1 Å². The van der Waals surface area contributed by atoms with Gasteiger partial charge < -0.3 is 9.84 Å². The average molecular weight is 334 g/mol. The molecular weight excluding hydrogens is 310 g/mol. The van der Waals surface area contributed by atoms with Crippen molar-refractivity contribution in [1.82, 2.24) is 4.98 Å². The summed E-state index contributed by atoms with van der Waals surface area (Å²) in [5.74, 6) is 0.261. The average Bonchev–Trinajstić information content (AvgIpc) is 2.54. The number of aryl methyl sites for hydroxylation is 1. The van der Waals surface area contributed by atoms with Gasteiger partial charge in [-0.3, -0.25) is 0 Å². The highest BCUT2D eigenvalue weighted by Gasteiger charge is 2.19. The van der Waals surface area contributed by atoms with Gasteiger partial charge in [-0.05, 0) is 41.5 Å². The summed E-state index contributed by atoms with van der Waals surface area (Å²) in [5, 5.41) is 11.1. The van der Waals surface area contributed by atoms with Gasteiger partial charge in [-0.2, -0.15) is 0 Å². The number of aliphatic hydroxyl groups excluding tert-OH is 1. The largest absolute Gasteiger partial charge is 0.388 e. The highest BCUT2D eigenvalue weighted by molar-refractivity contribution is 6.32. The van der Waals surface area contributed by atoms with Crippen molar-refractivity contribution < 1.29 is 9.84 Å². The number of aromatic nitrogens is 1. The molecule has 0 amide bonds. The maximum Gasteiger partial charge on any atom is 0.137 e. The lowest BCUT2D eigenvalue weighted by Crippen LogP contribution is -2.10. The van der Waals surface area contributed by atoms with Gasteiger partial charge in [-0.15, -0.1) is 0 Å². The molecule has 0 spiro atoms. The second kappa shape index (κ2) is 8.44. The second-order valence-corrected chi connectivity index (χ2v) is 6.29. The molecule has 0 aliphatic carbocycles. The number of rotatable bonds is 7. The van der Waals surface area contributed by atoms with Crippen LogP contribution in [0.5, 0.6) is 0 Å². The van der Waals surface area contributed by atoms with Crippen LogP contribution >= 0.6 is 11.6 Å². The van der Waals surface area contributed by atoms with Crippen molar-refractivity contribution in [1.29, 1.82) is 0 Å². The Morgan fingerprint density at radius 3 is 2.78 bits per heavy atom. The number of aliphatic hydroxyl groups is 1. The third-order valence-electron chi connectivity index (χ3n) is 4.00. The summed E-state index contributed by atoms with van der Waals surface area (Å²) >= 11 is 6.35. The van der Waals surface area contributed by atoms with E-state index in [9.17, 15) is 5.11 Å². The van der Waals surface area contributed by atoms with Crippen molar-refractivity contribution in [2.24, 2.45) is 5.92 Å². The lowest BCUT2D eigenvalue weighted by molar-refractivity contribution is 0.102. The van der Waals surface area contributed by atoms with Crippen LogP contribution in [0.15, 0.2) is 36.5 Å². The van der Waals surface area contributed by atoms with Gasteiger partial charge in [-0.25, -0.2) is 4.98 Å². The smallest absolute Gasteiger partial charge is 0.137 e. The first-order valence-corrected chi connectivity index (χ1v) is 8.35. The van der Waals surface area contributed by atoms with Gasteiger partial charge >= 0.3 is 0 Å². The third-order valence-corrected chi connectivity index (χ3v) is 4.28. The minimum absolute atomic E-state index is 0.261. The molecule has 4 heteroatoms. The van der Waals surface area contributed by atoms with Crippen LogP contribution in [-0.2, 0) is 11.2 Å². The van der Waals surface area contributed by atoms with E-state index in [0.29, 0.717) is 18.2 Å². The number of pyridine rings is 1. The Morgan fingerprint density at radius 2 is 2.09 bits per heavy atom. The molecule has 1 N–H and O–H groups in total. The number of methoxy groups -OCH3 is 1. The number of hydrogen-bond donors (Lipinski definition) is 1. The van der Waals surface area contributed by atoms with E-state index < -0.39 is 6.10 Å². The van der Waals surface area contributed by atoms with E-state index in [1.54, 1.807) is 13.3 Å². The topological polar surface area (TPSA) is 42.4 Å². The summed E-state index contributed by atoms with van der Waals surface area (Å²) < 4.78 is 5.16. The molecule has 0 fully saturated rings. The highest BCUT2D eigenvalue weighted by atomic mass is 35.5. The number of halogens is 1. The monoisotopic (exact) mass is 333 g/mol. The van der Waals surface area contributed by atoms with E-state index in [-0.39, 0.29) is 5.92 Å². The lowest BCUT2D eigenvalue weighted by atomic mass is 9.92. The number of hydrogen-bond acceptors (Lipinski definition) is 3. The van der Waals surface area contributed by atoms with E-state index >= 15 is 0 Å². The number of benzene rings is 1. The Morgan fingerprint density at radius 1 is 1.30 bits per heavy atom. The van der Waals surface area contributed by atoms with E-state index in [4.69, 9.17) is 16.3 Å². The fourth-order valence-electron chi connectivity index (χ4n) is 2.82. The predicted molar refractivity (Wildman–Crippen MR) is 94.7 cm³/mol. The molecule has 1 aromatic carbocycles. The van der Waals surface area contributed by atoms with Gasteiger partial charge in [0.25, 0.3) is 0 Å². The zero-order chi connectivity index (χ0) is 16.8. The van der Waals surface area contributed by atoms with Crippen molar-refractivity contribution in [2.75, 3.05) is 13.7 Å². The summed E-state index contributed by atoms with van der Waals surface area (Å²) in [6.45, 7) is 4.80. The maximum atomic E-state index is 10.7. The van der Waals surface area contributed by atoms with Crippen molar-refractivity contribution >= 4 is 11.6 Å². The second-order valence-electron chi connectivity index (χ2n) is 5.93. The van der Waals surface area contributed by atoms with Gasteiger partial charge in [-0.1, -0.05) is 49.7 Å². The first-order valence-electron chi connectivity index (χ1n) is 7.97. The Kier molecular flexibility index (Phi) is 6.58. The Balaban J connectivity index is 2.39. The third kappa shape index (κ3) is 4.54. The summed E-state index contributed by atoms with van der Waals surface area (Å²) in [6, 6.07) is 10.1. The van der Waals surface area contributed by atoms with E-state index in [1.165, 1.54) is 5.56 Å². The first-order chi connectivity index (χ1) is 11.1. The highest BCUT2D eigenvalue weighted by Crippen LogP contribution is 2.35. The zero-order valence-electron chi connectivity index (χ0n) is 13.9. The molecule has 2 atom stereocenters. The molecule has 0 aliphatic heterocycles. The van der Waals surface area contributed by atoms with Crippen LogP contribution in [0.4, 0.5) is 0 Å². The molecule has 23 heavy (non-hydrogen) atoms. The molecule has 0 saturated carbocycles. The Labute approximate surface area is 143 Å². The quantitative estimate of drug-likeness (QED) is 0.749. The maximum absolute atomic E-state index is 10.7. The molecule has 1 heterocycles. The van der Waals surface area contributed by atoms with Crippen molar-refractivity contribution in [3.63, 3.8) is 0 Å². The van der Waals surface area contributed by atoms with Crippen molar-refractivity contribution in [3.8, 4) is 11.1 Å². The summed E-state index contributed by atoms with van der Waals surface area (Å²) in [4.78, 5) is 4.20. The molecule has 3 nitrogen and oxygen atoms in total. The molecule has 2 rings (SSSR count). The van der Waals surface area contributed by atoms with Crippen LogP contribution in [-0.4, -0.2) is 23.8 Å². The molecule has 0 saturated heterocycles. The van der Waals surface area contributed by atoms with Gasteiger partial charge in [0.15, 0.2) is 0 Å². The van der Waals surface area contributed by atoms with Gasteiger partial charge in [0, 0.05) is 25.5 Å². The van der Waals surface area contributed by atoms with Gasteiger partial charge in [0.05, 0.1) is 6.10 Å². The Hall–Kier alpha value is -1.42. The van der Waals surface area contributed by atoms with Crippen LogP contribution < -0.4 is 0 Å². The summed E-state index contributed by atoms with van der Waals surface area (Å²) in [6.07, 6.45) is 2.62. The standard InChI is InChI=1S/C19H24ClNO2/c1-4-14-6-5-7-15(11-14)18-16(8-9-21-19(18)20)17(22)10-13(2)12-23-3/h5-9,11,13,17,22H,4,10,12H2,1-3H3. The molecule has 124 valence electrons. The summed E-state index contributed by atoms with van der Waals surface area (Å²) in [5.41, 5.74) is 3.87. The van der Waals surface area contributed by atoms with Crippen LogP contribution in [0.1, 0.15) is 37.5 Å². The predicted octanol–water partition coefficient (Wildman–Crippen LogP) is 4.67. The molecule has 0 bridgehead atoms. The van der Waals surface area contributed by atoms with Crippen molar-refractivity contribution in [3.05, 3.63) is 52.8 Å². The molecule has 0 aliphatic rings. The first kappa shape index (κ1) is 17.9. The van der Waals surface area contributed by atoms with Crippen LogP contribution in [0.25, 0.3) is 11.1 Å². The van der Waals surface area contributed by atoms with Crippen LogP contribution in [0.2, 0.25) is 5.15 Å². The lowest BCUT2D eigenvalue weighted by Gasteiger charge is -2.20. The zero-order valence-corrected chi connectivity index (χ0v) is 14.7. The molecule has 0 radical (unpaired) electrons. The molecule has 1 aromatic heterocycles. The molecular formula is C19H24ClNO2. The fourth-order valence-corrected chi connectivity index (χ4v) is 3.10. The SMILES string of the molecule is CCc1cccc(-c2c(C(O)CC(C)COC)ccnc2Cl)c1. The normalized spacial score (nSPS) is 13.8. The van der Waals surface area contributed by atoms with E-state index in [2.05, 4.69) is 31.0 Å². The van der Waals surface area contributed by atoms with Crippen LogP contribution in [0.3, 0.4) is 0 Å².